The molecule has 0 aromatic heterocycles. The maximum atomic E-state index is 10.2. The summed E-state index contributed by atoms with van der Waals surface area (Å²) in [5.41, 5.74) is 3.15. The average Bonchev–Trinajstić information content (AvgIpc) is 2.88. The fourth-order valence-electron chi connectivity index (χ4n) is 4.33. The minimum absolute atomic E-state index is 0.160. The van der Waals surface area contributed by atoms with Gasteiger partial charge in [0.15, 0.2) is 0 Å². The van der Waals surface area contributed by atoms with Gasteiger partial charge in [-0.15, -0.1) is 0 Å². The van der Waals surface area contributed by atoms with Crippen molar-refractivity contribution in [3.63, 3.8) is 0 Å². The Morgan fingerprint density at radius 2 is 2.00 bits per heavy atom. The smallest absolute Gasteiger partial charge is 0.0719 e. The summed E-state index contributed by atoms with van der Waals surface area (Å²) in [5.74, 6) is 0. The molecule has 21 heavy (non-hydrogen) atoms. The van der Waals surface area contributed by atoms with Gasteiger partial charge < -0.3 is 10.4 Å². The van der Waals surface area contributed by atoms with Crippen LogP contribution in [0.25, 0.3) is 6.08 Å². The Labute approximate surface area is 126 Å². The molecule has 4 rings (SSSR count). The van der Waals surface area contributed by atoms with Crippen LogP contribution in [0.4, 0.5) is 0 Å². The molecule has 2 atom stereocenters. The number of allylic oxidation sites excluding steroid dienone is 1. The van der Waals surface area contributed by atoms with Crippen molar-refractivity contribution in [3.05, 3.63) is 41.5 Å². The van der Waals surface area contributed by atoms with Crippen molar-refractivity contribution >= 4 is 6.08 Å². The molecule has 112 valence electrons. The van der Waals surface area contributed by atoms with Gasteiger partial charge >= 0.3 is 0 Å². The molecular formula is C18H24N2O. The molecule has 2 fully saturated rings. The topological polar surface area (TPSA) is 35.5 Å². The van der Waals surface area contributed by atoms with E-state index in [1.54, 1.807) is 0 Å². The van der Waals surface area contributed by atoms with Crippen molar-refractivity contribution in [3.8, 4) is 0 Å². The van der Waals surface area contributed by atoms with Gasteiger partial charge in [0, 0.05) is 18.0 Å². The highest BCUT2D eigenvalue weighted by Gasteiger charge is 2.40. The number of nitrogens with one attached hydrogen (secondary N) is 1. The summed E-state index contributed by atoms with van der Waals surface area (Å²) < 4.78 is 0. The average molecular weight is 284 g/mol. The Hall–Kier alpha value is -1.16. The number of benzene rings is 1. The number of rotatable bonds is 1. The van der Waals surface area contributed by atoms with E-state index in [1.165, 1.54) is 24.0 Å². The summed E-state index contributed by atoms with van der Waals surface area (Å²) in [6, 6.07) is 9.11. The van der Waals surface area contributed by atoms with Crippen LogP contribution in [0.2, 0.25) is 0 Å². The quantitative estimate of drug-likeness (QED) is 0.825. The summed E-state index contributed by atoms with van der Waals surface area (Å²) in [6.45, 7) is 4.05. The van der Waals surface area contributed by atoms with E-state index < -0.39 is 0 Å². The summed E-state index contributed by atoms with van der Waals surface area (Å²) in [5, 5.41) is 13.7. The first-order valence-corrected chi connectivity index (χ1v) is 8.20. The summed E-state index contributed by atoms with van der Waals surface area (Å²) in [6.07, 6.45) is 7.78. The molecule has 1 aromatic rings. The van der Waals surface area contributed by atoms with Crippen molar-refractivity contribution in [2.24, 2.45) is 0 Å². The molecule has 0 bridgehead atoms. The zero-order valence-electron chi connectivity index (χ0n) is 12.5. The van der Waals surface area contributed by atoms with E-state index >= 15 is 0 Å². The molecule has 3 nitrogen and oxygen atoms in total. The van der Waals surface area contributed by atoms with Crippen LogP contribution in [0.15, 0.2) is 30.3 Å². The Morgan fingerprint density at radius 3 is 2.81 bits per heavy atom. The molecule has 2 saturated heterocycles. The van der Waals surface area contributed by atoms with E-state index in [1.807, 2.05) is 0 Å². The Kier molecular flexibility index (Phi) is 3.37. The van der Waals surface area contributed by atoms with E-state index in [2.05, 4.69) is 46.6 Å². The van der Waals surface area contributed by atoms with Gasteiger partial charge in [-0.25, -0.2) is 0 Å². The summed E-state index contributed by atoms with van der Waals surface area (Å²) in [7, 11) is 0. The molecule has 1 aliphatic carbocycles. The number of aliphatic hydroxyl groups is 1. The van der Waals surface area contributed by atoms with Crippen LogP contribution in [0.3, 0.4) is 0 Å². The van der Waals surface area contributed by atoms with Crippen molar-refractivity contribution in [2.75, 3.05) is 26.2 Å². The van der Waals surface area contributed by atoms with Gasteiger partial charge in [-0.1, -0.05) is 36.4 Å². The minimum atomic E-state index is -0.160. The van der Waals surface area contributed by atoms with Gasteiger partial charge in [0.05, 0.1) is 6.10 Å². The van der Waals surface area contributed by atoms with Gasteiger partial charge in [-0.3, -0.25) is 4.90 Å². The van der Waals surface area contributed by atoms with Gasteiger partial charge in [0.25, 0.3) is 0 Å². The standard InChI is InChI=1S/C18H24N2O/c21-17-6-10-19-13-16(17)20-11-8-18(9-12-20)7-5-14-3-1-2-4-15(14)18/h1-5,7,16-17,19,21H,6,8-13H2. The fourth-order valence-corrected chi connectivity index (χ4v) is 4.33. The molecule has 1 spiro atoms. The predicted molar refractivity (Wildman–Crippen MR) is 85.2 cm³/mol. The first-order chi connectivity index (χ1) is 10.3. The normalized spacial score (nSPS) is 31.5. The Balaban J connectivity index is 1.49. The largest absolute Gasteiger partial charge is 0.391 e. The lowest BCUT2D eigenvalue weighted by atomic mass is 9.74. The molecule has 0 amide bonds. The van der Waals surface area contributed by atoms with Crippen LogP contribution in [0.5, 0.6) is 0 Å². The highest BCUT2D eigenvalue weighted by Crippen LogP contribution is 2.44. The first kappa shape index (κ1) is 13.5. The third-order valence-corrected chi connectivity index (χ3v) is 5.65. The number of hydrogen-bond acceptors (Lipinski definition) is 3. The predicted octanol–water partition coefficient (Wildman–Crippen LogP) is 1.77. The lowest BCUT2D eigenvalue weighted by Crippen LogP contribution is -2.57. The van der Waals surface area contributed by atoms with Crippen LogP contribution in [0, 0.1) is 0 Å². The van der Waals surface area contributed by atoms with Crippen molar-refractivity contribution in [2.45, 2.75) is 36.8 Å². The molecule has 1 aromatic carbocycles. The van der Waals surface area contributed by atoms with Crippen LogP contribution < -0.4 is 5.32 Å². The maximum Gasteiger partial charge on any atom is 0.0719 e. The number of aliphatic hydroxyl groups excluding tert-OH is 1. The SMILES string of the molecule is OC1CCNCC1N1CCC2(C=Cc3ccccc32)CC1. The molecule has 2 unspecified atom stereocenters. The summed E-state index contributed by atoms with van der Waals surface area (Å²) in [4.78, 5) is 2.50. The highest BCUT2D eigenvalue weighted by molar-refractivity contribution is 5.65. The van der Waals surface area contributed by atoms with Crippen LogP contribution in [0.1, 0.15) is 30.4 Å². The third kappa shape index (κ3) is 2.24. The van der Waals surface area contributed by atoms with Gasteiger partial charge in [0.1, 0.15) is 0 Å². The molecule has 2 heterocycles. The molecule has 3 heteroatoms. The van der Waals surface area contributed by atoms with Crippen LogP contribution in [-0.4, -0.2) is 48.3 Å². The number of hydrogen-bond donors (Lipinski definition) is 2. The molecule has 2 N–H and O–H groups in total. The molecule has 0 saturated carbocycles. The summed E-state index contributed by atoms with van der Waals surface area (Å²) >= 11 is 0. The number of piperidine rings is 2. The number of nitrogens with zero attached hydrogens (tertiary/aromatic N) is 1. The number of likely N-dealkylation sites (tertiary alicyclic amines) is 1. The van der Waals surface area contributed by atoms with Gasteiger partial charge in [-0.2, -0.15) is 0 Å². The highest BCUT2D eigenvalue weighted by atomic mass is 16.3. The van der Waals surface area contributed by atoms with Crippen LogP contribution in [-0.2, 0) is 5.41 Å². The van der Waals surface area contributed by atoms with E-state index in [0.29, 0.717) is 6.04 Å². The second-order valence-corrected chi connectivity index (χ2v) is 6.74. The fraction of sp³-hybridized carbons (Fsp3) is 0.556. The van der Waals surface area contributed by atoms with E-state index in [9.17, 15) is 5.11 Å². The second kappa shape index (κ2) is 5.24. The van der Waals surface area contributed by atoms with Crippen LogP contribution >= 0.6 is 0 Å². The first-order valence-electron chi connectivity index (χ1n) is 8.20. The minimum Gasteiger partial charge on any atom is -0.391 e. The van der Waals surface area contributed by atoms with E-state index in [0.717, 1.165) is 32.6 Å². The zero-order valence-corrected chi connectivity index (χ0v) is 12.5. The van der Waals surface area contributed by atoms with Gasteiger partial charge in [-0.05, 0) is 50.0 Å². The Morgan fingerprint density at radius 1 is 1.19 bits per heavy atom. The van der Waals surface area contributed by atoms with Crippen molar-refractivity contribution in [1.82, 2.24) is 10.2 Å². The lowest BCUT2D eigenvalue weighted by Gasteiger charge is -2.45. The second-order valence-electron chi connectivity index (χ2n) is 6.74. The number of fused-ring (bicyclic) bond motifs is 2. The van der Waals surface area contributed by atoms with E-state index in [4.69, 9.17) is 0 Å². The van der Waals surface area contributed by atoms with Gasteiger partial charge in [0.2, 0.25) is 0 Å². The van der Waals surface area contributed by atoms with Crippen molar-refractivity contribution in [1.29, 1.82) is 0 Å². The monoisotopic (exact) mass is 284 g/mol. The molecule has 0 radical (unpaired) electrons. The maximum absolute atomic E-state index is 10.2. The third-order valence-electron chi connectivity index (χ3n) is 5.65. The molecule has 3 aliphatic rings. The Bertz CT molecular complexity index is 546. The molecular weight excluding hydrogens is 260 g/mol. The zero-order chi connectivity index (χ0) is 14.3. The lowest BCUT2D eigenvalue weighted by molar-refractivity contribution is 0.0116. The molecule has 2 aliphatic heterocycles. The van der Waals surface area contributed by atoms with Crippen molar-refractivity contribution < 1.29 is 5.11 Å². The van der Waals surface area contributed by atoms with E-state index in [-0.39, 0.29) is 11.5 Å².